The predicted molar refractivity (Wildman–Crippen MR) is 316 cm³/mol. The third-order valence-electron chi connectivity index (χ3n) is 17.2. The molecule has 0 spiro atoms. The van der Waals surface area contributed by atoms with Crippen LogP contribution in [0.3, 0.4) is 0 Å². The summed E-state index contributed by atoms with van der Waals surface area (Å²) in [7, 11) is 2.57. The number of aryl methyl sites for hydroxylation is 3. The van der Waals surface area contributed by atoms with Crippen molar-refractivity contribution in [1.82, 2.24) is 0 Å². The van der Waals surface area contributed by atoms with Gasteiger partial charge in [0.05, 0.1) is 0 Å². The van der Waals surface area contributed by atoms with Gasteiger partial charge in [0.15, 0.2) is 7.28 Å². The molecule has 1 atom stereocenters. The standard InChI is InChI=1S/C69H82BN2/c1-17-19-20-24-28-51(25-18-2)71(59-32-29-50(65(6,7)8)41-53(59)48-26-22-21-23-27-48)61-39-49(63-46(4)37-45(3)38-47(63)5)40-62-64(61)70-58-43-56-57(69(15,16)36-35-68(56,13)14)44-60(58)72(62)52-30-31-54-55(42-52)67(11,12)34-33-66(54,9)10/h17-23,26-27,29-32,37-44,51H,1-2,24-25,28,33-36H2,3-16H3/b20-19-. The minimum atomic E-state index is -0.0411. The van der Waals surface area contributed by atoms with Crippen molar-refractivity contribution in [2.24, 2.45) is 0 Å². The topological polar surface area (TPSA) is 6.48 Å². The summed E-state index contributed by atoms with van der Waals surface area (Å²) in [5.74, 6) is 0. The molecule has 0 N–H and O–H groups in total. The average Bonchev–Trinajstić information content (AvgIpc) is 3.32. The zero-order chi connectivity index (χ0) is 51.7. The molecule has 1 radical (unpaired) electrons. The molecule has 0 amide bonds. The van der Waals surface area contributed by atoms with Gasteiger partial charge in [0.2, 0.25) is 0 Å². The Morgan fingerprint density at radius 1 is 0.639 bits per heavy atom. The SMILES string of the molecule is C=C/C=C\CCC(CC=C)N(c1ccc(C(C)(C)C)cc1-c1ccccc1)c1cc(-c2c(C)cc(C)cc2C)cc2c1[B]c1cc3c(cc1N2c1ccc2c(c1)C(C)(C)CCC2(C)C)C(C)(C)CCC3(C)C. The second-order valence-corrected chi connectivity index (χ2v) is 25.5. The lowest BCUT2D eigenvalue weighted by Gasteiger charge is -2.46. The Balaban J connectivity index is 1.44. The lowest BCUT2D eigenvalue weighted by Crippen LogP contribution is -2.46. The van der Waals surface area contributed by atoms with Crippen molar-refractivity contribution in [3.8, 4) is 22.3 Å². The summed E-state index contributed by atoms with van der Waals surface area (Å²) in [4.78, 5) is 5.42. The van der Waals surface area contributed by atoms with Gasteiger partial charge < -0.3 is 9.80 Å². The van der Waals surface area contributed by atoms with Gasteiger partial charge in [-0.15, -0.1) is 6.58 Å². The molecular formula is C69H82BN2. The van der Waals surface area contributed by atoms with E-state index in [0.717, 1.165) is 38.5 Å². The van der Waals surface area contributed by atoms with E-state index in [2.05, 4.69) is 249 Å². The van der Waals surface area contributed by atoms with Gasteiger partial charge in [0, 0.05) is 40.0 Å². The first-order valence-corrected chi connectivity index (χ1v) is 27.1. The van der Waals surface area contributed by atoms with Crippen molar-refractivity contribution in [2.75, 3.05) is 9.80 Å². The van der Waals surface area contributed by atoms with Crippen LogP contribution in [0.4, 0.5) is 28.4 Å². The number of fused-ring (bicyclic) bond motifs is 4. The maximum Gasteiger partial charge on any atom is 0.199 e. The van der Waals surface area contributed by atoms with Gasteiger partial charge in [0.1, 0.15) is 0 Å². The molecule has 1 unspecified atom stereocenters. The molecule has 1 heterocycles. The molecule has 2 aliphatic carbocycles. The molecule has 3 aliphatic rings. The zero-order valence-electron chi connectivity index (χ0n) is 46.5. The summed E-state index contributed by atoms with van der Waals surface area (Å²) in [6.07, 6.45) is 15.7. The Kier molecular flexibility index (Phi) is 13.4. The van der Waals surface area contributed by atoms with E-state index in [1.807, 2.05) is 6.08 Å². The molecule has 0 fully saturated rings. The highest BCUT2D eigenvalue weighted by atomic mass is 15.2. The van der Waals surface area contributed by atoms with E-state index in [4.69, 9.17) is 0 Å². The summed E-state index contributed by atoms with van der Waals surface area (Å²) >= 11 is 0. The van der Waals surface area contributed by atoms with Crippen LogP contribution < -0.4 is 20.7 Å². The van der Waals surface area contributed by atoms with Crippen molar-refractivity contribution in [2.45, 2.75) is 175 Å². The number of anilines is 5. The van der Waals surface area contributed by atoms with Crippen LogP contribution in [-0.4, -0.2) is 13.3 Å². The highest BCUT2D eigenvalue weighted by molar-refractivity contribution is 6.73. The van der Waals surface area contributed by atoms with Crippen LogP contribution in [0.2, 0.25) is 0 Å². The first kappa shape index (κ1) is 51.1. The molecule has 9 rings (SSSR count). The molecule has 371 valence electrons. The number of hydrogen-bond acceptors (Lipinski definition) is 2. The van der Waals surface area contributed by atoms with E-state index in [9.17, 15) is 0 Å². The quantitative estimate of drug-likeness (QED) is 0.0684. The lowest BCUT2D eigenvalue weighted by atomic mass is 9.55. The van der Waals surface area contributed by atoms with Crippen molar-refractivity contribution in [1.29, 1.82) is 0 Å². The summed E-state index contributed by atoms with van der Waals surface area (Å²) in [6.45, 7) is 42.0. The first-order chi connectivity index (χ1) is 34.0. The molecule has 72 heavy (non-hydrogen) atoms. The van der Waals surface area contributed by atoms with E-state index in [0.29, 0.717) is 0 Å². The third kappa shape index (κ3) is 9.40. The Bertz CT molecular complexity index is 3070. The summed E-state index contributed by atoms with van der Waals surface area (Å²) in [6, 6.07) is 41.0. The summed E-state index contributed by atoms with van der Waals surface area (Å²) < 4.78 is 0. The zero-order valence-corrected chi connectivity index (χ0v) is 46.5. The smallest absolute Gasteiger partial charge is 0.199 e. The van der Waals surface area contributed by atoms with Crippen molar-refractivity contribution in [3.63, 3.8) is 0 Å². The van der Waals surface area contributed by atoms with Gasteiger partial charge in [-0.2, -0.15) is 0 Å². The third-order valence-corrected chi connectivity index (χ3v) is 17.2. The van der Waals surface area contributed by atoms with Gasteiger partial charge in [-0.3, -0.25) is 0 Å². The number of rotatable bonds is 12. The molecule has 0 bridgehead atoms. The van der Waals surface area contributed by atoms with Gasteiger partial charge in [0.25, 0.3) is 0 Å². The number of hydrogen-bond donors (Lipinski definition) is 0. The molecule has 6 aromatic rings. The Morgan fingerprint density at radius 2 is 1.25 bits per heavy atom. The number of benzene rings is 6. The highest BCUT2D eigenvalue weighted by Gasteiger charge is 2.42. The van der Waals surface area contributed by atoms with E-state index in [1.165, 1.54) is 113 Å². The molecule has 0 saturated heterocycles. The molecule has 0 saturated carbocycles. The second kappa shape index (κ2) is 18.9. The normalized spacial score (nSPS) is 17.5. The van der Waals surface area contributed by atoms with Gasteiger partial charge >= 0.3 is 0 Å². The van der Waals surface area contributed by atoms with Crippen LogP contribution in [-0.2, 0) is 27.1 Å². The summed E-state index contributed by atoms with van der Waals surface area (Å²) in [5.41, 5.74) is 25.0. The van der Waals surface area contributed by atoms with Gasteiger partial charge in [-0.05, 0) is 196 Å². The minimum absolute atomic E-state index is 0.0403. The van der Waals surface area contributed by atoms with Crippen molar-refractivity contribution in [3.05, 3.63) is 185 Å². The highest BCUT2D eigenvalue weighted by Crippen LogP contribution is 2.52. The molecule has 2 nitrogen and oxygen atoms in total. The summed E-state index contributed by atoms with van der Waals surface area (Å²) in [5, 5.41) is 0. The Labute approximate surface area is 436 Å². The van der Waals surface area contributed by atoms with E-state index in [-0.39, 0.29) is 33.1 Å². The number of nitrogens with zero attached hydrogens (tertiary/aromatic N) is 2. The average molecular weight is 950 g/mol. The Morgan fingerprint density at radius 3 is 1.86 bits per heavy atom. The van der Waals surface area contributed by atoms with Crippen LogP contribution in [0.5, 0.6) is 0 Å². The Hall–Kier alpha value is -5.80. The van der Waals surface area contributed by atoms with Crippen LogP contribution in [0.1, 0.15) is 166 Å². The minimum Gasteiger partial charge on any atom is -0.338 e. The van der Waals surface area contributed by atoms with Crippen LogP contribution >= 0.6 is 0 Å². The molecule has 3 heteroatoms. The fourth-order valence-electron chi connectivity index (χ4n) is 12.8. The monoisotopic (exact) mass is 950 g/mol. The first-order valence-electron chi connectivity index (χ1n) is 27.1. The maximum absolute atomic E-state index is 4.45. The van der Waals surface area contributed by atoms with Crippen LogP contribution in [0, 0.1) is 20.8 Å². The van der Waals surface area contributed by atoms with Crippen molar-refractivity contribution < 1.29 is 0 Å². The van der Waals surface area contributed by atoms with Crippen LogP contribution in [0.15, 0.2) is 141 Å². The second-order valence-electron chi connectivity index (χ2n) is 25.5. The molecule has 0 aromatic heterocycles. The van der Waals surface area contributed by atoms with Crippen LogP contribution in [0.25, 0.3) is 22.3 Å². The van der Waals surface area contributed by atoms with Crippen molar-refractivity contribution >= 4 is 46.6 Å². The largest absolute Gasteiger partial charge is 0.338 e. The molecule has 6 aromatic carbocycles. The van der Waals surface area contributed by atoms with E-state index >= 15 is 0 Å². The number of allylic oxidation sites excluding steroid dienone is 3. The molecular weight excluding hydrogens is 868 g/mol. The predicted octanol–water partition coefficient (Wildman–Crippen LogP) is 18.0. The fraction of sp³-hybridized carbons (Fsp3) is 0.391. The van der Waals surface area contributed by atoms with E-state index in [1.54, 1.807) is 0 Å². The maximum atomic E-state index is 4.45. The fourth-order valence-corrected chi connectivity index (χ4v) is 12.8. The molecule has 1 aliphatic heterocycles. The van der Waals surface area contributed by atoms with Gasteiger partial charge in [-0.25, -0.2) is 0 Å². The lowest BCUT2D eigenvalue weighted by molar-refractivity contribution is 0.332. The van der Waals surface area contributed by atoms with E-state index < -0.39 is 0 Å². The van der Waals surface area contributed by atoms with Gasteiger partial charge in [-0.1, -0.05) is 179 Å².